The van der Waals surface area contributed by atoms with Gasteiger partial charge in [0.05, 0.1) is 4.90 Å². The van der Waals surface area contributed by atoms with Gasteiger partial charge in [0, 0.05) is 23.2 Å². The second-order valence-electron chi connectivity index (χ2n) is 4.20. The predicted octanol–water partition coefficient (Wildman–Crippen LogP) is 0.554. The number of nitrogens with zero attached hydrogens (tertiary/aromatic N) is 2. The lowest BCUT2D eigenvalue weighted by Crippen LogP contribution is -2.35. The molecule has 7 nitrogen and oxygen atoms in total. The van der Waals surface area contributed by atoms with Gasteiger partial charge in [-0.25, -0.2) is 13.4 Å². The van der Waals surface area contributed by atoms with Crippen LogP contribution in [0, 0.1) is 0 Å². The molecule has 0 aliphatic heterocycles. The third-order valence-electron chi connectivity index (χ3n) is 2.60. The normalized spacial score (nSPS) is 12.4. The number of hydrogen-bond acceptors (Lipinski definition) is 4. The summed E-state index contributed by atoms with van der Waals surface area (Å²) in [6, 6.07) is 6.62. The van der Waals surface area contributed by atoms with E-state index in [0.717, 1.165) is 5.39 Å². The summed E-state index contributed by atoms with van der Waals surface area (Å²) < 4.78 is 27.1. The van der Waals surface area contributed by atoms with E-state index in [1.54, 1.807) is 37.5 Å². The summed E-state index contributed by atoms with van der Waals surface area (Å²) in [6.45, 7) is 1.55. The summed E-state index contributed by atoms with van der Waals surface area (Å²) in [4.78, 5) is 7.87. The monoisotopic (exact) mass is 329 g/mol. The molecule has 0 bridgehead atoms. The number of rotatable bonds is 4. The molecule has 0 aliphatic carbocycles. The Kier molecular flexibility index (Phi) is 5.47. The molecule has 0 saturated heterocycles. The molecule has 2 rings (SSSR count). The summed E-state index contributed by atoms with van der Waals surface area (Å²) in [5, 5.41) is 1.33. The molecular formula is C12H16ClN5O2S. The molecule has 114 valence electrons. The number of nitrogens with two attached hydrogens (primary N) is 2. The maximum atomic E-state index is 12.4. The van der Waals surface area contributed by atoms with E-state index in [2.05, 4.69) is 14.7 Å². The van der Waals surface area contributed by atoms with Crippen molar-refractivity contribution in [1.29, 1.82) is 0 Å². The summed E-state index contributed by atoms with van der Waals surface area (Å²) in [6.07, 6.45) is 2.40. The SMILES string of the molecule is CC(N=C(N)N)NS(=O)(=O)c1cccc2cnccc12.Cl. The van der Waals surface area contributed by atoms with Gasteiger partial charge in [-0.05, 0) is 19.1 Å². The number of sulfonamides is 1. The van der Waals surface area contributed by atoms with E-state index >= 15 is 0 Å². The van der Waals surface area contributed by atoms with Gasteiger partial charge < -0.3 is 11.5 Å². The van der Waals surface area contributed by atoms with Gasteiger partial charge in [0.1, 0.15) is 6.17 Å². The maximum absolute atomic E-state index is 12.4. The fourth-order valence-corrected chi connectivity index (χ4v) is 3.23. The highest BCUT2D eigenvalue weighted by Gasteiger charge is 2.19. The number of nitrogens with one attached hydrogen (secondary N) is 1. The summed E-state index contributed by atoms with van der Waals surface area (Å²) in [5.74, 6) is -0.178. The highest BCUT2D eigenvalue weighted by atomic mass is 35.5. The lowest BCUT2D eigenvalue weighted by Gasteiger charge is -2.12. The second kappa shape index (κ2) is 6.70. The standard InChI is InChI=1S/C12H15N5O2S.ClH/c1-8(16-12(13)14)17-20(18,19)11-4-2-3-9-7-15-6-5-10(9)11;/h2-8,17H,1H3,(H4,13,14,16);1H. The van der Waals surface area contributed by atoms with Crippen molar-refractivity contribution in [3.63, 3.8) is 0 Å². The van der Waals surface area contributed by atoms with Crippen molar-refractivity contribution in [3.05, 3.63) is 36.7 Å². The highest BCUT2D eigenvalue weighted by molar-refractivity contribution is 7.89. The topological polar surface area (TPSA) is 123 Å². The Balaban J connectivity index is 0.00000220. The number of aliphatic imine (C=N–C) groups is 1. The van der Waals surface area contributed by atoms with Crippen molar-refractivity contribution >= 4 is 39.2 Å². The molecule has 0 radical (unpaired) electrons. The van der Waals surface area contributed by atoms with Crippen LogP contribution in [-0.2, 0) is 10.0 Å². The van der Waals surface area contributed by atoms with E-state index in [9.17, 15) is 8.42 Å². The fraction of sp³-hybridized carbons (Fsp3) is 0.167. The van der Waals surface area contributed by atoms with Gasteiger partial charge in [-0.3, -0.25) is 4.98 Å². The van der Waals surface area contributed by atoms with Crippen LogP contribution in [0.1, 0.15) is 6.92 Å². The number of guanidine groups is 1. The maximum Gasteiger partial charge on any atom is 0.242 e. The van der Waals surface area contributed by atoms with Crippen LogP contribution in [0.4, 0.5) is 0 Å². The molecular weight excluding hydrogens is 314 g/mol. The Morgan fingerprint density at radius 2 is 2.05 bits per heavy atom. The van der Waals surface area contributed by atoms with E-state index < -0.39 is 16.2 Å². The van der Waals surface area contributed by atoms with E-state index in [1.807, 2.05) is 0 Å². The van der Waals surface area contributed by atoms with E-state index in [4.69, 9.17) is 11.5 Å². The zero-order chi connectivity index (χ0) is 14.8. The summed E-state index contributed by atoms with van der Waals surface area (Å²) >= 11 is 0. The van der Waals surface area contributed by atoms with Crippen molar-refractivity contribution in [3.8, 4) is 0 Å². The summed E-state index contributed by atoms with van der Waals surface area (Å²) in [5.41, 5.74) is 10.5. The average Bonchev–Trinajstić information content (AvgIpc) is 2.36. The predicted molar refractivity (Wildman–Crippen MR) is 84.6 cm³/mol. The smallest absolute Gasteiger partial charge is 0.242 e. The number of aromatic nitrogens is 1. The highest BCUT2D eigenvalue weighted by Crippen LogP contribution is 2.21. The van der Waals surface area contributed by atoms with Crippen LogP contribution in [0.25, 0.3) is 10.8 Å². The van der Waals surface area contributed by atoms with E-state index in [-0.39, 0.29) is 23.3 Å². The first kappa shape index (κ1) is 17.2. The first-order chi connectivity index (χ1) is 9.40. The van der Waals surface area contributed by atoms with Gasteiger partial charge in [0.2, 0.25) is 10.0 Å². The molecule has 9 heteroatoms. The molecule has 0 spiro atoms. The molecule has 1 aromatic carbocycles. The molecule has 1 aromatic heterocycles. The van der Waals surface area contributed by atoms with Crippen LogP contribution in [0.2, 0.25) is 0 Å². The largest absolute Gasteiger partial charge is 0.370 e. The zero-order valence-electron chi connectivity index (χ0n) is 11.2. The molecule has 1 heterocycles. The first-order valence-corrected chi connectivity index (χ1v) is 7.32. The third kappa shape index (κ3) is 4.03. The van der Waals surface area contributed by atoms with E-state index in [1.165, 1.54) is 6.07 Å². The minimum absolute atomic E-state index is 0. The van der Waals surface area contributed by atoms with E-state index in [0.29, 0.717) is 5.39 Å². The molecule has 0 aliphatic rings. The minimum atomic E-state index is -3.73. The molecule has 0 fully saturated rings. The first-order valence-electron chi connectivity index (χ1n) is 5.84. The Morgan fingerprint density at radius 1 is 1.33 bits per heavy atom. The van der Waals surface area contributed by atoms with Crippen LogP contribution in [-0.4, -0.2) is 25.5 Å². The number of halogens is 1. The van der Waals surface area contributed by atoms with Crippen LogP contribution >= 0.6 is 12.4 Å². The van der Waals surface area contributed by atoms with Crippen molar-refractivity contribution in [2.75, 3.05) is 0 Å². The van der Waals surface area contributed by atoms with Crippen LogP contribution in [0.15, 0.2) is 46.5 Å². The Labute approximate surface area is 128 Å². The zero-order valence-corrected chi connectivity index (χ0v) is 12.9. The quantitative estimate of drug-likeness (QED) is 0.558. The van der Waals surface area contributed by atoms with Gasteiger partial charge in [-0.2, -0.15) is 4.72 Å². The molecule has 1 unspecified atom stereocenters. The van der Waals surface area contributed by atoms with Gasteiger partial charge in [0.15, 0.2) is 5.96 Å². The van der Waals surface area contributed by atoms with Crippen molar-refractivity contribution in [2.45, 2.75) is 18.0 Å². The lowest BCUT2D eigenvalue weighted by molar-refractivity contribution is 0.567. The van der Waals surface area contributed by atoms with Gasteiger partial charge in [-0.15, -0.1) is 12.4 Å². The lowest BCUT2D eigenvalue weighted by atomic mass is 10.2. The van der Waals surface area contributed by atoms with Crippen LogP contribution in [0.5, 0.6) is 0 Å². The van der Waals surface area contributed by atoms with Crippen LogP contribution < -0.4 is 16.2 Å². The number of benzene rings is 1. The van der Waals surface area contributed by atoms with Gasteiger partial charge in [0.25, 0.3) is 0 Å². The molecule has 1 atom stereocenters. The molecule has 21 heavy (non-hydrogen) atoms. The molecule has 2 aromatic rings. The number of pyridine rings is 1. The molecule has 0 amide bonds. The average molecular weight is 330 g/mol. The Bertz CT molecular complexity index is 754. The van der Waals surface area contributed by atoms with Gasteiger partial charge in [-0.1, -0.05) is 12.1 Å². The number of hydrogen-bond donors (Lipinski definition) is 3. The number of fused-ring (bicyclic) bond motifs is 1. The molecule has 5 N–H and O–H groups in total. The fourth-order valence-electron chi connectivity index (χ4n) is 1.87. The van der Waals surface area contributed by atoms with Crippen LogP contribution in [0.3, 0.4) is 0 Å². The summed E-state index contributed by atoms with van der Waals surface area (Å²) in [7, 11) is -3.73. The Hall–Kier alpha value is -1.90. The molecule has 0 saturated carbocycles. The Morgan fingerprint density at radius 3 is 2.71 bits per heavy atom. The van der Waals surface area contributed by atoms with Crippen molar-refractivity contribution < 1.29 is 8.42 Å². The third-order valence-corrected chi connectivity index (χ3v) is 4.19. The van der Waals surface area contributed by atoms with Crippen molar-refractivity contribution in [2.24, 2.45) is 16.5 Å². The van der Waals surface area contributed by atoms with Gasteiger partial charge >= 0.3 is 0 Å². The van der Waals surface area contributed by atoms with Crippen molar-refractivity contribution in [1.82, 2.24) is 9.71 Å². The second-order valence-corrected chi connectivity index (χ2v) is 5.89. The minimum Gasteiger partial charge on any atom is -0.370 e.